The van der Waals surface area contributed by atoms with Crippen LogP contribution < -0.4 is 5.06 Å². The maximum absolute atomic E-state index is 11.8. The molecule has 0 aliphatic carbocycles. The summed E-state index contributed by atoms with van der Waals surface area (Å²) in [4.78, 5) is 16.9. The lowest BCUT2D eigenvalue weighted by Gasteiger charge is -2.24. The molecule has 1 aromatic rings. The Balaban J connectivity index is 2.41. The number of nitrogens with zero attached hydrogens (tertiary/aromatic N) is 1. The fourth-order valence-corrected chi connectivity index (χ4v) is 1.95. The van der Waals surface area contributed by atoms with Gasteiger partial charge in [0.15, 0.2) is 0 Å². The smallest absolute Gasteiger partial charge is 0.250 e. The summed E-state index contributed by atoms with van der Waals surface area (Å²) in [5, 5.41) is 1.41. The number of hydroxylamine groups is 1. The third-order valence-corrected chi connectivity index (χ3v) is 2.71. The van der Waals surface area contributed by atoms with Crippen LogP contribution in [0.15, 0.2) is 24.3 Å². The maximum atomic E-state index is 11.8. The van der Waals surface area contributed by atoms with E-state index in [1.807, 2.05) is 18.2 Å². The molecule has 3 heteroatoms. The van der Waals surface area contributed by atoms with Crippen LogP contribution in [0.25, 0.3) is 0 Å². The Hall–Kier alpha value is -1.35. The number of hydrogen-bond acceptors (Lipinski definition) is 2. The molecule has 0 aromatic heterocycles. The Labute approximate surface area is 89.6 Å². The second-order valence-corrected chi connectivity index (χ2v) is 3.71. The molecule has 0 bridgehead atoms. The fourth-order valence-electron chi connectivity index (χ4n) is 1.95. The van der Waals surface area contributed by atoms with E-state index >= 15 is 0 Å². The van der Waals surface area contributed by atoms with Crippen LogP contribution in [0.1, 0.15) is 24.8 Å². The fraction of sp³-hybridized carbons (Fsp3) is 0.417. The molecule has 0 spiro atoms. The highest BCUT2D eigenvalue weighted by atomic mass is 16.7. The molecule has 1 aliphatic rings. The molecule has 15 heavy (non-hydrogen) atoms. The Kier molecular flexibility index (Phi) is 3.02. The first-order valence-electron chi connectivity index (χ1n) is 5.28. The third kappa shape index (κ3) is 2.02. The molecule has 1 heterocycles. The van der Waals surface area contributed by atoms with Crippen LogP contribution in [0.2, 0.25) is 0 Å². The highest BCUT2D eigenvalue weighted by molar-refractivity contribution is 5.92. The van der Waals surface area contributed by atoms with Crippen molar-refractivity contribution in [3.8, 4) is 0 Å². The standard InChI is InChI=1S/C12H15NO2/c1-15-13-11-8-4-2-6-10(11)7-3-5-9-12(13)14/h2,4,6,8H,3,5,7,9H2,1H3. The predicted octanol–water partition coefficient (Wildman–Crippen LogP) is 2.31. The molecule has 80 valence electrons. The van der Waals surface area contributed by atoms with Gasteiger partial charge in [0.1, 0.15) is 0 Å². The predicted molar refractivity (Wildman–Crippen MR) is 58.5 cm³/mol. The Morgan fingerprint density at radius 1 is 1.20 bits per heavy atom. The van der Waals surface area contributed by atoms with Crippen molar-refractivity contribution in [1.82, 2.24) is 0 Å². The second kappa shape index (κ2) is 4.45. The summed E-state index contributed by atoms with van der Waals surface area (Å²) < 4.78 is 0. The summed E-state index contributed by atoms with van der Waals surface area (Å²) in [5.41, 5.74) is 2.08. The molecule has 0 fully saturated rings. The summed E-state index contributed by atoms with van der Waals surface area (Å²) in [6, 6.07) is 7.92. The maximum Gasteiger partial charge on any atom is 0.250 e. The van der Waals surface area contributed by atoms with Crippen LogP contribution in [-0.2, 0) is 16.1 Å². The van der Waals surface area contributed by atoms with Gasteiger partial charge >= 0.3 is 0 Å². The highest BCUT2D eigenvalue weighted by Gasteiger charge is 2.20. The zero-order chi connectivity index (χ0) is 10.7. The lowest BCUT2D eigenvalue weighted by Crippen LogP contribution is -2.31. The molecule has 0 atom stereocenters. The van der Waals surface area contributed by atoms with Crippen LogP contribution in [0.4, 0.5) is 5.69 Å². The van der Waals surface area contributed by atoms with Crippen molar-refractivity contribution in [1.29, 1.82) is 0 Å². The zero-order valence-electron chi connectivity index (χ0n) is 8.90. The van der Waals surface area contributed by atoms with Gasteiger partial charge in [0, 0.05) is 6.42 Å². The van der Waals surface area contributed by atoms with E-state index in [-0.39, 0.29) is 5.91 Å². The SMILES string of the molecule is CON1C(=O)CCCCc2ccccc21. The minimum atomic E-state index is 0.0460. The third-order valence-electron chi connectivity index (χ3n) is 2.71. The van der Waals surface area contributed by atoms with Gasteiger partial charge in [0.05, 0.1) is 12.8 Å². The van der Waals surface area contributed by atoms with E-state index in [9.17, 15) is 4.79 Å². The molecule has 0 unspecified atom stereocenters. The minimum Gasteiger partial charge on any atom is -0.272 e. The van der Waals surface area contributed by atoms with Gasteiger partial charge in [0.25, 0.3) is 5.91 Å². The van der Waals surface area contributed by atoms with E-state index in [1.165, 1.54) is 17.7 Å². The van der Waals surface area contributed by atoms with E-state index in [0.29, 0.717) is 6.42 Å². The van der Waals surface area contributed by atoms with Gasteiger partial charge in [-0.2, -0.15) is 5.06 Å². The van der Waals surface area contributed by atoms with Crippen molar-refractivity contribution >= 4 is 11.6 Å². The van der Waals surface area contributed by atoms with E-state index in [0.717, 1.165) is 24.9 Å². The molecule has 0 saturated heterocycles. The van der Waals surface area contributed by atoms with E-state index in [4.69, 9.17) is 4.84 Å². The zero-order valence-corrected chi connectivity index (χ0v) is 8.90. The number of carbonyl (C=O) groups is 1. The first-order chi connectivity index (χ1) is 7.33. The van der Waals surface area contributed by atoms with Crippen molar-refractivity contribution in [3.05, 3.63) is 29.8 Å². The van der Waals surface area contributed by atoms with Crippen molar-refractivity contribution in [2.24, 2.45) is 0 Å². The first kappa shape index (κ1) is 10.2. The van der Waals surface area contributed by atoms with Gasteiger partial charge in [-0.05, 0) is 30.9 Å². The van der Waals surface area contributed by atoms with Crippen molar-refractivity contribution in [2.75, 3.05) is 12.2 Å². The number of para-hydroxylation sites is 1. The largest absolute Gasteiger partial charge is 0.272 e. The summed E-state index contributed by atoms with van der Waals surface area (Å²) in [6.45, 7) is 0. The number of aryl methyl sites for hydroxylation is 1. The number of carbonyl (C=O) groups excluding carboxylic acids is 1. The summed E-state index contributed by atoms with van der Waals surface area (Å²) >= 11 is 0. The van der Waals surface area contributed by atoms with E-state index in [1.54, 1.807) is 0 Å². The number of rotatable bonds is 1. The molecule has 0 radical (unpaired) electrons. The first-order valence-corrected chi connectivity index (χ1v) is 5.28. The molecular formula is C12H15NO2. The van der Waals surface area contributed by atoms with Crippen molar-refractivity contribution in [3.63, 3.8) is 0 Å². The summed E-state index contributed by atoms with van der Waals surface area (Å²) in [6.07, 6.45) is 3.60. The lowest BCUT2D eigenvalue weighted by atomic mass is 10.0. The number of anilines is 1. The van der Waals surface area contributed by atoms with Crippen LogP contribution in [0.5, 0.6) is 0 Å². The van der Waals surface area contributed by atoms with Gasteiger partial charge in [-0.1, -0.05) is 18.2 Å². The molecule has 1 aliphatic heterocycles. The van der Waals surface area contributed by atoms with Crippen LogP contribution in [0, 0.1) is 0 Å². The molecule has 1 aromatic carbocycles. The summed E-state index contributed by atoms with van der Waals surface area (Å²) in [7, 11) is 1.54. The Morgan fingerprint density at radius 3 is 2.73 bits per heavy atom. The summed E-state index contributed by atoms with van der Waals surface area (Å²) in [5.74, 6) is 0.0460. The highest BCUT2D eigenvalue weighted by Crippen LogP contribution is 2.25. The number of hydrogen-bond donors (Lipinski definition) is 0. The second-order valence-electron chi connectivity index (χ2n) is 3.71. The van der Waals surface area contributed by atoms with Gasteiger partial charge in [-0.25, -0.2) is 0 Å². The average Bonchev–Trinajstić information content (AvgIpc) is 2.24. The minimum absolute atomic E-state index is 0.0460. The van der Waals surface area contributed by atoms with Crippen molar-refractivity contribution in [2.45, 2.75) is 25.7 Å². The number of benzene rings is 1. The average molecular weight is 205 g/mol. The molecule has 3 nitrogen and oxygen atoms in total. The lowest BCUT2D eigenvalue weighted by molar-refractivity contribution is -0.125. The van der Waals surface area contributed by atoms with Crippen molar-refractivity contribution < 1.29 is 9.63 Å². The van der Waals surface area contributed by atoms with E-state index < -0.39 is 0 Å². The van der Waals surface area contributed by atoms with Gasteiger partial charge in [-0.3, -0.25) is 9.63 Å². The molecule has 0 N–H and O–H groups in total. The van der Waals surface area contributed by atoms with Crippen LogP contribution >= 0.6 is 0 Å². The molecule has 2 rings (SSSR count). The quantitative estimate of drug-likeness (QED) is 0.704. The Bertz CT molecular complexity index is 362. The molecular weight excluding hydrogens is 190 g/mol. The topological polar surface area (TPSA) is 29.5 Å². The normalized spacial score (nSPS) is 16.9. The molecule has 0 saturated carbocycles. The number of amides is 1. The van der Waals surface area contributed by atoms with Gasteiger partial charge in [-0.15, -0.1) is 0 Å². The van der Waals surface area contributed by atoms with Gasteiger partial charge < -0.3 is 0 Å². The molecule has 1 amide bonds. The van der Waals surface area contributed by atoms with Gasteiger partial charge in [0.2, 0.25) is 0 Å². The monoisotopic (exact) mass is 205 g/mol. The van der Waals surface area contributed by atoms with Crippen LogP contribution in [0.3, 0.4) is 0 Å². The van der Waals surface area contributed by atoms with E-state index in [2.05, 4.69) is 6.07 Å². The van der Waals surface area contributed by atoms with Crippen LogP contribution in [-0.4, -0.2) is 13.0 Å². The number of fused-ring (bicyclic) bond motifs is 1. The Morgan fingerprint density at radius 2 is 1.93 bits per heavy atom.